The molecule has 0 amide bonds. The van der Waals surface area contributed by atoms with Gasteiger partial charge in [-0.25, -0.2) is 13.2 Å². The van der Waals surface area contributed by atoms with E-state index < -0.39 is 16.0 Å². The molecule has 0 aromatic heterocycles. The SMILES string of the molecule is Cc1c(O)cc(C(=O)O)c2cc(S(=O)(=O)Nc3ccccc3O)ccc12. The topological polar surface area (TPSA) is 124 Å². The van der Waals surface area contributed by atoms with E-state index in [1.165, 1.54) is 30.3 Å². The molecule has 0 radical (unpaired) electrons. The number of benzene rings is 3. The van der Waals surface area contributed by atoms with Gasteiger partial charge < -0.3 is 15.3 Å². The smallest absolute Gasteiger partial charge is 0.336 e. The van der Waals surface area contributed by atoms with Gasteiger partial charge in [-0.3, -0.25) is 4.72 Å². The number of sulfonamides is 1. The predicted molar refractivity (Wildman–Crippen MR) is 96.2 cm³/mol. The van der Waals surface area contributed by atoms with Gasteiger partial charge in [0.05, 0.1) is 16.1 Å². The Morgan fingerprint density at radius 3 is 2.31 bits per heavy atom. The molecule has 4 N–H and O–H groups in total. The summed E-state index contributed by atoms with van der Waals surface area (Å²) in [6, 6.07) is 10.9. The molecule has 3 aromatic carbocycles. The molecule has 0 aliphatic heterocycles. The van der Waals surface area contributed by atoms with E-state index in [9.17, 15) is 28.5 Å². The van der Waals surface area contributed by atoms with Gasteiger partial charge in [0.15, 0.2) is 0 Å². The Labute approximate surface area is 149 Å². The molecule has 134 valence electrons. The van der Waals surface area contributed by atoms with Crippen LogP contribution in [0.3, 0.4) is 0 Å². The van der Waals surface area contributed by atoms with Gasteiger partial charge in [0.2, 0.25) is 0 Å². The fraction of sp³-hybridized carbons (Fsp3) is 0.0556. The third-order valence-corrected chi connectivity index (χ3v) is 5.40. The quantitative estimate of drug-likeness (QED) is 0.521. The molecule has 3 rings (SSSR count). The number of para-hydroxylation sites is 2. The van der Waals surface area contributed by atoms with Gasteiger partial charge in [-0.15, -0.1) is 0 Å². The van der Waals surface area contributed by atoms with Crippen molar-refractivity contribution in [3.05, 3.63) is 59.7 Å². The molecule has 0 unspecified atom stereocenters. The van der Waals surface area contributed by atoms with Crippen molar-refractivity contribution < 1.29 is 28.5 Å². The molecule has 0 saturated heterocycles. The summed E-state index contributed by atoms with van der Waals surface area (Å²) in [7, 11) is -4.06. The van der Waals surface area contributed by atoms with Crippen LogP contribution in [0.2, 0.25) is 0 Å². The molecule has 7 nitrogen and oxygen atoms in total. The fourth-order valence-corrected chi connectivity index (χ4v) is 3.74. The van der Waals surface area contributed by atoms with Crippen LogP contribution in [0.25, 0.3) is 10.8 Å². The molecular formula is C18H15NO6S. The van der Waals surface area contributed by atoms with Crippen molar-refractivity contribution >= 4 is 32.5 Å². The summed E-state index contributed by atoms with van der Waals surface area (Å²) < 4.78 is 27.5. The predicted octanol–water partition coefficient (Wildman–Crippen LogP) is 3.06. The van der Waals surface area contributed by atoms with E-state index in [0.29, 0.717) is 10.9 Å². The number of anilines is 1. The molecule has 26 heavy (non-hydrogen) atoms. The minimum atomic E-state index is -4.06. The third-order valence-electron chi connectivity index (χ3n) is 4.04. The first-order valence-corrected chi connectivity index (χ1v) is 8.99. The van der Waals surface area contributed by atoms with Gasteiger partial charge in [0, 0.05) is 0 Å². The lowest BCUT2D eigenvalue weighted by atomic mass is 9.99. The highest BCUT2D eigenvalue weighted by Gasteiger charge is 2.20. The van der Waals surface area contributed by atoms with Crippen molar-refractivity contribution in [1.29, 1.82) is 0 Å². The maximum absolute atomic E-state index is 12.6. The molecule has 0 aliphatic rings. The van der Waals surface area contributed by atoms with Crippen molar-refractivity contribution in [3.63, 3.8) is 0 Å². The minimum Gasteiger partial charge on any atom is -0.508 e. The lowest BCUT2D eigenvalue weighted by Gasteiger charge is -2.12. The monoisotopic (exact) mass is 373 g/mol. The molecule has 0 heterocycles. The number of rotatable bonds is 4. The third kappa shape index (κ3) is 3.02. The van der Waals surface area contributed by atoms with Gasteiger partial charge in [-0.05, 0) is 53.6 Å². The molecular weight excluding hydrogens is 358 g/mol. The second-order valence-electron chi connectivity index (χ2n) is 5.70. The molecule has 0 bridgehead atoms. The normalized spacial score (nSPS) is 11.4. The summed E-state index contributed by atoms with van der Waals surface area (Å²) >= 11 is 0. The van der Waals surface area contributed by atoms with Crippen LogP contribution in [0.4, 0.5) is 5.69 Å². The van der Waals surface area contributed by atoms with E-state index in [1.54, 1.807) is 19.1 Å². The largest absolute Gasteiger partial charge is 0.508 e. The summed E-state index contributed by atoms with van der Waals surface area (Å²) in [5.41, 5.74) is 0.248. The molecule has 0 saturated carbocycles. The zero-order valence-electron chi connectivity index (χ0n) is 13.6. The second-order valence-corrected chi connectivity index (χ2v) is 7.39. The molecule has 0 spiro atoms. The minimum absolute atomic E-state index is 0.00735. The number of fused-ring (bicyclic) bond motifs is 1. The molecule has 0 aliphatic carbocycles. The molecule has 0 atom stereocenters. The second kappa shape index (κ2) is 6.23. The van der Waals surface area contributed by atoms with E-state index in [4.69, 9.17) is 0 Å². The lowest BCUT2D eigenvalue weighted by Crippen LogP contribution is -2.13. The summed E-state index contributed by atoms with van der Waals surface area (Å²) in [4.78, 5) is 11.3. The molecule has 3 aromatic rings. The Hall–Kier alpha value is -3.26. The lowest BCUT2D eigenvalue weighted by molar-refractivity contribution is 0.0698. The Kier molecular flexibility index (Phi) is 4.21. The highest BCUT2D eigenvalue weighted by molar-refractivity contribution is 7.92. The number of hydrogen-bond donors (Lipinski definition) is 4. The standard InChI is InChI=1S/C18H15NO6S/c1-10-12-7-6-11(8-13(12)14(18(22)23)9-17(10)21)26(24,25)19-15-4-2-3-5-16(15)20/h2-9,19-21H,1H3,(H,22,23). The first-order chi connectivity index (χ1) is 12.2. The maximum atomic E-state index is 12.6. The van der Waals surface area contributed by atoms with Crippen LogP contribution >= 0.6 is 0 Å². The summed E-state index contributed by atoms with van der Waals surface area (Å²) in [5, 5.41) is 29.6. The number of nitrogens with one attached hydrogen (secondary N) is 1. The van der Waals surface area contributed by atoms with Crippen molar-refractivity contribution in [2.45, 2.75) is 11.8 Å². The van der Waals surface area contributed by atoms with Crippen LogP contribution in [-0.2, 0) is 10.0 Å². The Morgan fingerprint density at radius 1 is 0.962 bits per heavy atom. The van der Waals surface area contributed by atoms with E-state index in [1.807, 2.05) is 0 Å². The van der Waals surface area contributed by atoms with Crippen molar-refractivity contribution in [1.82, 2.24) is 0 Å². The van der Waals surface area contributed by atoms with Crippen LogP contribution in [0.1, 0.15) is 15.9 Å². The van der Waals surface area contributed by atoms with E-state index >= 15 is 0 Å². The highest BCUT2D eigenvalue weighted by atomic mass is 32.2. The Morgan fingerprint density at radius 2 is 1.65 bits per heavy atom. The average molecular weight is 373 g/mol. The van der Waals surface area contributed by atoms with E-state index in [2.05, 4.69) is 4.72 Å². The van der Waals surface area contributed by atoms with Gasteiger partial charge in [0.1, 0.15) is 11.5 Å². The number of aryl methyl sites for hydroxylation is 1. The van der Waals surface area contributed by atoms with Crippen LogP contribution in [0, 0.1) is 6.92 Å². The number of phenols is 2. The summed E-state index contributed by atoms with van der Waals surface area (Å²) in [5.74, 6) is -1.70. The van der Waals surface area contributed by atoms with Crippen LogP contribution in [-0.4, -0.2) is 29.7 Å². The highest BCUT2D eigenvalue weighted by Crippen LogP contribution is 2.32. The summed E-state index contributed by atoms with van der Waals surface area (Å²) in [6.45, 7) is 1.61. The number of phenolic OH excluding ortho intramolecular Hbond substituents is 2. The summed E-state index contributed by atoms with van der Waals surface area (Å²) in [6.07, 6.45) is 0. The zero-order valence-corrected chi connectivity index (χ0v) is 14.4. The zero-order chi connectivity index (χ0) is 19.1. The van der Waals surface area contributed by atoms with Crippen LogP contribution < -0.4 is 4.72 Å². The molecule has 0 fully saturated rings. The fourth-order valence-electron chi connectivity index (χ4n) is 2.64. The number of carboxylic acids is 1. The Bertz CT molecular complexity index is 1140. The maximum Gasteiger partial charge on any atom is 0.336 e. The van der Waals surface area contributed by atoms with Crippen molar-refractivity contribution in [2.24, 2.45) is 0 Å². The number of aromatic hydroxyl groups is 2. The first kappa shape index (κ1) is 17.6. The van der Waals surface area contributed by atoms with Gasteiger partial charge >= 0.3 is 5.97 Å². The van der Waals surface area contributed by atoms with Crippen molar-refractivity contribution in [2.75, 3.05) is 4.72 Å². The molecule has 8 heteroatoms. The number of hydrogen-bond acceptors (Lipinski definition) is 5. The van der Waals surface area contributed by atoms with Gasteiger partial charge in [-0.2, -0.15) is 0 Å². The number of aromatic carboxylic acids is 1. The van der Waals surface area contributed by atoms with E-state index in [0.717, 1.165) is 6.07 Å². The van der Waals surface area contributed by atoms with E-state index in [-0.39, 0.29) is 33.0 Å². The van der Waals surface area contributed by atoms with Crippen LogP contribution in [0.15, 0.2) is 53.4 Å². The Balaban J connectivity index is 2.17. The number of carbonyl (C=O) groups is 1. The van der Waals surface area contributed by atoms with Gasteiger partial charge in [-0.1, -0.05) is 18.2 Å². The van der Waals surface area contributed by atoms with Crippen molar-refractivity contribution in [3.8, 4) is 11.5 Å². The van der Waals surface area contributed by atoms with Gasteiger partial charge in [0.25, 0.3) is 10.0 Å². The number of carboxylic acid groups (broad SMARTS) is 1. The first-order valence-electron chi connectivity index (χ1n) is 7.51. The average Bonchev–Trinajstić information content (AvgIpc) is 2.59. The van der Waals surface area contributed by atoms with Crippen LogP contribution in [0.5, 0.6) is 11.5 Å².